The number of anilines is 2. The van der Waals surface area contributed by atoms with Crippen LogP contribution in [-0.4, -0.2) is 72.3 Å². The number of allylic oxidation sites excluding steroid dienone is 2. The predicted molar refractivity (Wildman–Crippen MR) is 160 cm³/mol. The fourth-order valence-electron chi connectivity index (χ4n) is 4.69. The highest BCUT2D eigenvalue weighted by molar-refractivity contribution is 5.80. The minimum atomic E-state index is -0.656. The first kappa shape index (κ1) is 32.6. The van der Waals surface area contributed by atoms with Crippen molar-refractivity contribution in [1.82, 2.24) is 14.9 Å². The second-order valence-corrected chi connectivity index (χ2v) is 9.76. The van der Waals surface area contributed by atoms with Crippen molar-refractivity contribution >= 4 is 30.7 Å². The molecule has 1 aromatic heterocycles. The van der Waals surface area contributed by atoms with Crippen molar-refractivity contribution in [2.75, 3.05) is 43.7 Å². The molecule has 5 rings (SSSR count). The third kappa shape index (κ3) is 9.84. The number of aryl methyl sites for hydroxylation is 1. The van der Waals surface area contributed by atoms with Crippen LogP contribution in [0.2, 0.25) is 0 Å². The van der Waals surface area contributed by atoms with Crippen LogP contribution in [0.5, 0.6) is 0 Å². The van der Waals surface area contributed by atoms with Crippen LogP contribution < -0.4 is 10.3 Å². The highest BCUT2D eigenvalue weighted by atomic mass is 16.5. The van der Waals surface area contributed by atoms with Crippen molar-refractivity contribution in [2.45, 2.75) is 53.6 Å². The van der Waals surface area contributed by atoms with E-state index in [-0.39, 0.29) is 5.92 Å². The molecule has 0 bridgehead atoms. The molecule has 10 heteroatoms. The highest BCUT2D eigenvalue weighted by Gasteiger charge is 2.26. The molecule has 0 saturated carbocycles. The van der Waals surface area contributed by atoms with Gasteiger partial charge in [0.25, 0.3) is 0 Å². The number of benzene rings is 1. The molecule has 10 nitrogen and oxygen atoms in total. The number of rotatable bonds is 5. The lowest BCUT2D eigenvalue weighted by molar-refractivity contribution is -0.142. The van der Waals surface area contributed by atoms with Gasteiger partial charge in [0.05, 0.1) is 31.0 Å². The number of hydrogen-bond donors (Lipinski definition) is 2. The Morgan fingerprint density at radius 1 is 1.20 bits per heavy atom. The topological polar surface area (TPSA) is 120 Å². The van der Waals surface area contributed by atoms with Crippen molar-refractivity contribution in [3.05, 3.63) is 58.8 Å². The molecular weight excluding hydrogens is 508 g/mol. The quantitative estimate of drug-likeness (QED) is 0.313. The second-order valence-electron chi connectivity index (χ2n) is 9.76. The molecule has 2 aliphatic heterocycles. The van der Waals surface area contributed by atoms with Crippen LogP contribution in [0.1, 0.15) is 56.0 Å². The number of hydrogen-bond acceptors (Lipinski definition) is 9. The number of fused-ring (bicyclic) bond motifs is 1. The molecule has 40 heavy (non-hydrogen) atoms. The molecule has 0 radical (unpaired) electrons. The molecule has 2 N–H and O–H groups in total. The Labute approximate surface area is 238 Å². The molecular formula is C30H44N6O4. The van der Waals surface area contributed by atoms with Crippen LogP contribution in [0.25, 0.3) is 0 Å². The van der Waals surface area contributed by atoms with E-state index in [1.807, 2.05) is 45.8 Å². The maximum atomic E-state index is 10.5. The van der Waals surface area contributed by atoms with Crippen molar-refractivity contribution in [3.8, 4) is 0 Å². The average Bonchev–Trinajstić information content (AvgIpc) is 3.35. The van der Waals surface area contributed by atoms with Crippen molar-refractivity contribution in [3.63, 3.8) is 0 Å². The molecule has 1 aliphatic carbocycles. The predicted octanol–water partition coefficient (Wildman–Crippen LogP) is 4.53. The van der Waals surface area contributed by atoms with Crippen LogP contribution in [0.15, 0.2) is 41.5 Å². The van der Waals surface area contributed by atoms with E-state index in [1.54, 1.807) is 6.21 Å². The lowest BCUT2D eigenvalue weighted by Crippen LogP contribution is -2.37. The molecule has 1 fully saturated rings. The Bertz CT molecular complexity index is 1130. The third-order valence-electron chi connectivity index (χ3n) is 6.54. The lowest BCUT2D eigenvalue weighted by atomic mass is 9.88. The fourth-order valence-corrected chi connectivity index (χ4v) is 4.69. The fraction of sp³-hybridized carbons (Fsp3) is 0.500. The Morgan fingerprint density at radius 2 is 1.93 bits per heavy atom. The minimum absolute atomic E-state index is 0.139. The van der Waals surface area contributed by atoms with Gasteiger partial charge in [0, 0.05) is 31.7 Å². The smallest absolute Gasteiger partial charge is 0.306 e. The van der Waals surface area contributed by atoms with E-state index in [0.717, 1.165) is 62.9 Å². The molecule has 1 saturated heterocycles. The Hall–Kier alpha value is -3.63. The van der Waals surface area contributed by atoms with Gasteiger partial charge in [-0.15, -0.1) is 0 Å². The summed E-state index contributed by atoms with van der Waals surface area (Å²) in [6, 6.07) is 8.20. The van der Waals surface area contributed by atoms with Gasteiger partial charge >= 0.3 is 5.97 Å². The molecule has 2 unspecified atom stereocenters. The van der Waals surface area contributed by atoms with Gasteiger partial charge in [-0.05, 0) is 38.3 Å². The number of aromatic nitrogens is 2. The summed E-state index contributed by atoms with van der Waals surface area (Å²) < 4.78 is 5.48. The van der Waals surface area contributed by atoms with E-state index in [2.05, 4.69) is 57.5 Å². The first-order valence-electron chi connectivity index (χ1n) is 13.8. The summed E-state index contributed by atoms with van der Waals surface area (Å²) in [4.78, 5) is 32.4. The summed E-state index contributed by atoms with van der Waals surface area (Å²) in [6.45, 7) is 15.0. The molecule has 218 valence electrons. The van der Waals surface area contributed by atoms with Gasteiger partial charge in [-0.2, -0.15) is 10.1 Å². The van der Waals surface area contributed by atoms with Crippen LogP contribution in [-0.2, 0) is 27.4 Å². The SMILES string of the molecule is C=O.CC.CC1C=CCC(C(=O)O)C1.Cc1cccc(/C=N/Nc2nc3c(c(N4CCOCC4)n2)CN(C)C3)c1. The molecule has 1 aromatic carbocycles. The first-order valence-corrected chi connectivity index (χ1v) is 13.8. The molecule has 0 amide bonds. The third-order valence-corrected chi connectivity index (χ3v) is 6.54. The van der Waals surface area contributed by atoms with Gasteiger partial charge in [0.15, 0.2) is 0 Å². The Kier molecular flexibility index (Phi) is 14.0. The summed E-state index contributed by atoms with van der Waals surface area (Å²) >= 11 is 0. The minimum Gasteiger partial charge on any atom is -0.481 e. The molecule has 3 aliphatic rings. The molecule has 2 atom stereocenters. The van der Waals surface area contributed by atoms with Crippen molar-refractivity contribution in [1.29, 1.82) is 0 Å². The first-order chi connectivity index (χ1) is 19.4. The number of nitrogens with one attached hydrogen (secondary N) is 1. The van der Waals surface area contributed by atoms with E-state index < -0.39 is 5.97 Å². The molecule has 2 aromatic rings. The monoisotopic (exact) mass is 552 g/mol. The van der Waals surface area contributed by atoms with E-state index >= 15 is 0 Å². The molecule has 0 spiro atoms. The van der Waals surface area contributed by atoms with Crippen LogP contribution in [0, 0.1) is 18.8 Å². The highest BCUT2D eigenvalue weighted by Crippen LogP contribution is 2.30. The van der Waals surface area contributed by atoms with Gasteiger partial charge in [-0.25, -0.2) is 10.4 Å². The standard InChI is InChI=1S/C19H24N6O.C8H12O2.C2H6.CH2O/c1-14-4-3-5-15(10-14)11-20-23-19-21-17-13-24(2)12-16(17)18(22-19)25-6-8-26-9-7-25;1-6-3-2-4-7(5-6)8(9)10;2*1-2/h3-5,10-11H,6-9,12-13H2,1-2H3,(H,21,22,23);2-3,6-7H,4-5H2,1H3,(H,9,10);1-2H3;1H2/b20-11+;;;. The number of aliphatic carboxylic acids is 1. The van der Waals surface area contributed by atoms with Gasteiger partial charge in [0.2, 0.25) is 5.95 Å². The van der Waals surface area contributed by atoms with Crippen molar-refractivity contribution < 1.29 is 19.4 Å². The molecule has 3 heterocycles. The Balaban J connectivity index is 0.000000336. The number of morpholine rings is 1. The van der Waals surface area contributed by atoms with Crippen LogP contribution >= 0.6 is 0 Å². The largest absolute Gasteiger partial charge is 0.481 e. The zero-order chi connectivity index (χ0) is 29.5. The van der Waals surface area contributed by atoms with Gasteiger partial charge < -0.3 is 19.5 Å². The zero-order valence-corrected chi connectivity index (χ0v) is 24.5. The van der Waals surface area contributed by atoms with Gasteiger partial charge in [0.1, 0.15) is 12.6 Å². The van der Waals surface area contributed by atoms with E-state index in [0.29, 0.717) is 18.3 Å². The summed E-state index contributed by atoms with van der Waals surface area (Å²) in [5.41, 5.74) is 7.57. The lowest BCUT2D eigenvalue weighted by Gasteiger charge is -2.29. The Morgan fingerprint density at radius 3 is 2.55 bits per heavy atom. The van der Waals surface area contributed by atoms with E-state index in [1.165, 1.54) is 11.1 Å². The van der Waals surface area contributed by atoms with Gasteiger partial charge in [-0.1, -0.05) is 62.8 Å². The summed E-state index contributed by atoms with van der Waals surface area (Å²) in [7, 11) is 2.10. The number of carbonyl (C=O) groups excluding carboxylic acids is 1. The number of nitrogens with zero attached hydrogens (tertiary/aromatic N) is 5. The van der Waals surface area contributed by atoms with Crippen LogP contribution in [0.4, 0.5) is 11.8 Å². The maximum Gasteiger partial charge on any atom is 0.306 e. The average molecular weight is 553 g/mol. The van der Waals surface area contributed by atoms with Gasteiger partial charge in [-0.3, -0.25) is 9.69 Å². The number of hydrazone groups is 1. The number of carboxylic acids is 1. The summed E-state index contributed by atoms with van der Waals surface area (Å²) in [5.74, 6) is 1.20. The zero-order valence-electron chi connectivity index (χ0n) is 24.5. The normalized spacial score (nSPS) is 19.8. The second kappa shape index (κ2) is 17.1. The summed E-state index contributed by atoms with van der Waals surface area (Å²) in [5, 5.41) is 12.9. The van der Waals surface area contributed by atoms with Crippen LogP contribution in [0.3, 0.4) is 0 Å². The number of carboxylic acid groups (broad SMARTS) is 1. The van der Waals surface area contributed by atoms with Crippen molar-refractivity contribution in [2.24, 2.45) is 16.9 Å². The maximum absolute atomic E-state index is 10.5. The van der Waals surface area contributed by atoms with E-state index in [4.69, 9.17) is 19.6 Å². The van der Waals surface area contributed by atoms with E-state index in [9.17, 15) is 4.79 Å². The number of carbonyl (C=O) groups is 2. The number of ether oxygens (including phenoxy) is 1. The summed E-state index contributed by atoms with van der Waals surface area (Å²) in [6.07, 6.45) is 7.35.